The molecule has 2 heteroatoms. The first-order valence-electron chi connectivity index (χ1n) is 7.66. The van der Waals surface area contributed by atoms with Gasteiger partial charge in [-0.1, -0.05) is 19.8 Å². The lowest BCUT2D eigenvalue weighted by Gasteiger charge is -2.40. The summed E-state index contributed by atoms with van der Waals surface area (Å²) in [7, 11) is 0. The molecule has 0 radical (unpaired) electrons. The number of carbonyl (C=O) groups excluding carboxylic acids is 1. The molecule has 3 atom stereocenters. The van der Waals surface area contributed by atoms with E-state index in [-0.39, 0.29) is 0 Å². The number of Topliss-reactive ketones (excluding diaryl/α,β-unsaturated/α-hetero) is 1. The van der Waals surface area contributed by atoms with Crippen LogP contribution in [0.5, 0.6) is 0 Å². The molecule has 18 heavy (non-hydrogen) atoms. The van der Waals surface area contributed by atoms with Gasteiger partial charge in [0.15, 0.2) is 5.78 Å². The molecule has 3 unspecified atom stereocenters. The molecule has 0 heterocycles. The predicted octanol–water partition coefficient (Wildman–Crippen LogP) is 3.63. The molecule has 0 amide bonds. The Balaban J connectivity index is 2.11. The Labute approximate surface area is 111 Å². The standard InChI is InChI=1S/C16H27NO/c1-4-17(5-2)11-13-9-10-14-12(3)7-6-8-15(14)16(13)18/h11-12,14-15H,4-10H2,1-3H3/b13-11+. The maximum atomic E-state index is 12.6. The maximum Gasteiger partial charge on any atom is 0.163 e. The van der Waals surface area contributed by atoms with E-state index < -0.39 is 0 Å². The van der Waals surface area contributed by atoms with Crippen molar-refractivity contribution in [3.8, 4) is 0 Å². The molecule has 0 N–H and O–H groups in total. The van der Waals surface area contributed by atoms with Gasteiger partial charge in [-0.15, -0.1) is 0 Å². The molecule has 0 aromatic heterocycles. The van der Waals surface area contributed by atoms with Gasteiger partial charge in [0.1, 0.15) is 0 Å². The Morgan fingerprint density at radius 3 is 2.61 bits per heavy atom. The number of nitrogens with zero attached hydrogens (tertiary/aromatic N) is 1. The number of rotatable bonds is 3. The van der Waals surface area contributed by atoms with Crippen molar-refractivity contribution in [2.75, 3.05) is 13.1 Å². The summed E-state index contributed by atoms with van der Waals surface area (Å²) in [6, 6.07) is 0. The van der Waals surface area contributed by atoms with Crippen molar-refractivity contribution < 1.29 is 4.79 Å². The highest BCUT2D eigenvalue weighted by atomic mass is 16.1. The minimum atomic E-state index is 0.337. The fourth-order valence-corrected chi connectivity index (χ4v) is 3.73. The zero-order valence-electron chi connectivity index (χ0n) is 12.1. The van der Waals surface area contributed by atoms with E-state index in [9.17, 15) is 4.79 Å². The monoisotopic (exact) mass is 249 g/mol. The third-order valence-electron chi connectivity index (χ3n) is 4.97. The molecule has 2 saturated carbocycles. The van der Waals surface area contributed by atoms with Crippen LogP contribution in [0.2, 0.25) is 0 Å². The molecule has 2 rings (SSSR count). The van der Waals surface area contributed by atoms with Crippen molar-refractivity contribution in [3.05, 3.63) is 11.8 Å². The quantitative estimate of drug-likeness (QED) is 0.712. The Bertz CT molecular complexity index is 330. The number of carbonyl (C=O) groups is 1. The van der Waals surface area contributed by atoms with Crippen molar-refractivity contribution in [1.82, 2.24) is 4.90 Å². The summed E-state index contributed by atoms with van der Waals surface area (Å²) in [5.41, 5.74) is 1.09. The highest BCUT2D eigenvalue weighted by Gasteiger charge is 2.39. The van der Waals surface area contributed by atoms with Gasteiger partial charge in [-0.25, -0.2) is 0 Å². The highest BCUT2D eigenvalue weighted by molar-refractivity contribution is 5.98. The topological polar surface area (TPSA) is 20.3 Å². The lowest BCUT2D eigenvalue weighted by atomic mass is 9.64. The van der Waals surface area contributed by atoms with Crippen molar-refractivity contribution in [2.24, 2.45) is 17.8 Å². The fraction of sp³-hybridized carbons (Fsp3) is 0.812. The summed E-state index contributed by atoms with van der Waals surface area (Å²) in [6.45, 7) is 8.64. The smallest absolute Gasteiger partial charge is 0.163 e. The van der Waals surface area contributed by atoms with Crippen molar-refractivity contribution in [1.29, 1.82) is 0 Å². The van der Waals surface area contributed by atoms with Gasteiger partial charge in [0.05, 0.1) is 0 Å². The van der Waals surface area contributed by atoms with Crippen LogP contribution in [0.1, 0.15) is 52.9 Å². The summed E-state index contributed by atoms with van der Waals surface area (Å²) < 4.78 is 0. The second-order valence-electron chi connectivity index (χ2n) is 5.96. The number of fused-ring (bicyclic) bond motifs is 1. The Kier molecular flexibility index (Phi) is 4.47. The van der Waals surface area contributed by atoms with E-state index in [0.717, 1.165) is 37.4 Å². The van der Waals surface area contributed by atoms with Crippen LogP contribution in [-0.4, -0.2) is 23.8 Å². The van der Waals surface area contributed by atoms with Gasteiger partial charge in [0.2, 0.25) is 0 Å². The summed E-state index contributed by atoms with van der Waals surface area (Å²) in [6.07, 6.45) is 8.06. The molecule has 0 spiro atoms. The zero-order chi connectivity index (χ0) is 13.1. The fourth-order valence-electron chi connectivity index (χ4n) is 3.73. The second kappa shape index (κ2) is 5.90. The second-order valence-corrected chi connectivity index (χ2v) is 5.96. The first-order valence-corrected chi connectivity index (χ1v) is 7.66. The van der Waals surface area contributed by atoms with Gasteiger partial charge in [-0.05, 0) is 44.9 Å². The number of hydrogen-bond acceptors (Lipinski definition) is 2. The average Bonchev–Trinajstić information content (AvgIpc) is 2.39. The third kappa shape index (κ3) is 2.62. The molecule has 102 valence electrons. The molecular formula is C16H27NO. The van der Waals surface area contributed by atoms with Gasteiger partial charge in [0, 0.05) is 30.8 Å². The van der Waals surface area contributed by atoms with Gasteiger partial charge in [-0.2, -0.15) is 0 Å². The first-order chi connectivity index (χ1) is 8.67. The van der Waals surface area contributed by atoms with Crippen LogP contribution in [0, 0.1) is 17.8 Å². The van der Waals surface area contributed by atoms with E-state index >= 15 is 0 Å². The number of hydrogen-bond donors (Lipinski definition) is 0. The summed E-state index contributed by atoms with van der Waals surface area (Å²) >= 11 is 0. The Morgan fingerprint density at radius 1 is 1.22 bits per heavy atom. The molecule has 2 fully saturated rings. The number of ketones is 1. The zero-order valence-corrected chi connectivity index (χ0v) is 12.1. The van der Waals surface area contributed by atoms with E-state index in [4.69, 9.17) is 0 Å². The van der Waals surface area contributed by atoms with Crippen LogP contribution in [-0.2, 0) is 4.79 Å². The largest absolute Gasteiger partial charge is 0.378 e. The highest BCUT2D eigenvalue weighted by Crippen LogP contribution is 2.43. The molecule has 0 saturated heterocycles. The summed E-state index contributed by atoms with van der Waals surface area (Å²) in [5.74, 6) is 2.22. The molecule has 2 aliphatic carbocycles. The van der Waals surface area contributed by atoms with E-state index in [1.54, 1.807) is 0 Å². The molecular weight excluding hydrogens is 222 g/mol. The van der Waals surface area contributed by atoms with Crippen molar-refractivity contribution >= 4 is 5.78 Å². The normalized spacial score (nSPS) is 34.5. The Morgan fingerprint density at radius 2 is 1.94 bits per heavy atom. The predicted molar refractivity (Wildman–Crippen MR) is 75.2 cm³/mol. The lowest BCUT2D eigenvalue weighted by Crippen LogP contribution is -2.37. The molecule has 0 aliphatic heterocycles. The van der Waals surface area contributed by atoms with Gasteiger partial charge >= 0.3 is 0 Å². The molecule has 0 aromatic rings. The third-order valence-corrected chi connectivity index (χ3v) is 4.97. The summed E-state index contributed by atoms with van der Waals surface area (Å²) in [5, 5.41) is 0. The van der Waals surface area contributed by atoms with E-state index in [0.29, 0.717) is 17.6 Å². The lowest BCUT2D eigenvalue weighted by molar-refractivity contribution is -0.124. The molecule has 0 bridgehead atoms. The average molecular weight is 249 g/mol. The molecule has 2 nitrogen and oxygen atoms in total. The molecule has 2 aliphatic rings. The van der Waals surface area contributed by atoms with Gasteiger partial charge in [0.25, 0.3) is 0 Å². The minimum absolute atomic E-state index is 0.337. The van der Waals surface area contributed by atoms with Crippen LogP contribution < -0.4 is 0 Å². The van der Waals surface area contributed by atoms with E-state index in [2.05, 4.69) is 31.9 Å². The summed E-state index contributed by atoms with van der Waals surface area (Å²) in [4.78, 5) is 14.8. The molecule has 0 aromatic carbocycles. The van der Waals surface area contributed by atoms with Gasteiger partial charge < -0.3 is 4.90 Å². The van der Waals surface area contributed by atoms with E-state index in [1.807, 2.05) is 0 Å². The van der Waals surface area contributed by atoms with Crippen LogP contribution in [0.15, 0.2) is 11.8 Å². The Hall–Kier alpha value is -0.790. The maximum absolute atomic E-state index is 12.6. The number of allylic oxidation sites excluding steroid dienone is 1. The van der Waals surface area contributed by atoms with Gasteiger partial charge in [-0.3, -0.25) is 4.79 Å². The van der Waals surface area contributed by atoms with Crippen LogP contribution in [0.25, 0.3) is 0 Å². The first kappa shape index (κ1) is 13.6. The van der Waals surface area contributed by atoms with E-state index in [1.165, 1.54) is 19.3 Å². The van der Waals surface area contributed by atoms with Crippen molar-refractivity contribution in [2.45, 2.75) is 52.9 Å². The van der Waals surface area contributed by atoms with Crippen LogP contribution >= 0.6 is 0 Å². The van der Waals surface area contributed by atoms with Crippen LogP contribution in [0.4, 0.5) is 0 Å². The van der Waals surface area contributed by atoms with Crippen molar-refractivity contribution in [3.63, 3.8) is 0 Å². The van der Waals surface area contributed by atoms with Crippen LogP contribution in [0.3, 0.4) is 0 Å². The SMILES string of the molecule is CCN(/C=C1\CCC2C(C)CCCC2C1=O)CC. The minimum Gasteiger partial charge on any atom is -0.378 e.